The van der Waals surface area contributed by atoms with Gasteiger partial charge in [-0.3, -0.25) is 4.90 Å². The molecular weight excluding hydrogens is 270 g/mol. The van der Waals surface area contributed by atoms with E-state index < -0.39 is 5.60 Å². The van der Waals surface area contributed by atoms with Crippen molar-refractivity contribution in [3.63, 3.8) is 0 Å². The van der Waals surface area contributed by atoms with E-state index >= 15 is 0 Å². The van der Waals surface area contributed by atoms with Crippen LogP contribution in [0.1, 0.15) is 16.7 Å². The van der Waals surface area contributed by atoms with Crippen LogP contribution >= 0.6 is 0 Å². The van der Waals surface area contributed by atoms with Gasteiger partial charge in [0.15, 0.2) is 0 Å². The Balaban J connectivity index is 1.92. The topological polar surface area (TPSA) is 23.5 Å². The van der Waals surface area contributed by atoms with Crippen molar-refractivity contribution in [2.45, 2.75) is 12.1 Å². The third-order valence-electron chi connectivity index (χ3n) is 4.63. The second-order valence-electron chi connectivity index (χ2n) is 6.25. The second-order valence-corrected chi connectivity index (χ2v) is 6.25. The summed E-state index contributed by atoms with van der Waals surface area (Å²) in [5.41, 5.74) is 2.24. The second kappa shape index (κ2) is 4.94. The molecule has 0 saturated heterocycles. The predicted molar refractivity (Wildman–Crippen MR) is 89.7 cm³/mol. The van der Waals surface area contributed by atoms with Gasteiger partial charge in [-0.15, -0.1) is 0 Å². The van der Waals surface area contributed by atoms with E-state index in [1.807, 2.05) is 24.3 Å². The summed E-state index contributed by atoms with van der Waals surface area (Å²) in [7, 11) is 2.06. The summed E-state index contributed by atoms with van der Waals surface area (Å²) < 4.78 is 0. The number of nitrogens with zero attached hydrogens (tertiary/aromatic N) is 1. The van der Waals surface area contributed by atoms with Crippen molar-refractivity contribution in [3.8, 4) is 0 Å². The van der Waals surface area contributed by atoms with Gasteiger partial charge in [-0.25, -0.2) is 0 Å². The fourth-order valence-electron chi connectivity index (χ4n) is 3.58. The summed E-state index contributed by atoms with van der Waals surface area (Å²) in [6.07, 6.45) is 0. The molecule has 2 heteroatoms. The first-order valence-corrected chi connectivity index (χ1v) is 7.65. The number of aliphatic hydroxyl groups is 1. The molecular formula is C20H19NO. The minimum Gasteiger partial charge on any atom is -0.379 e. The van der Waals surface area contributed by atoms with E-state index in [0.717, 1.165) is 17.7 Å². The van der Waals surface area contributed by atoms with Gasteiger partial charge in [0.25, 0.3) is 0 Å². The number of β-amino-alcohol motifs (C(OH)–C–C–N with tert-alkyl or cyclic N) is 1. The maximum atomic E-state index is 11.5. The van der Waals surface area contributed by atoms with Gasteiger partial charge in [0.05, 0.1) is 0 Å². The van der Waals surface area contributed by atoms with Crippen molar-refractivity contribution < 1.29 is 5.11 Å². The monoisotopic (exact) mass is 289 g/mol. The fourth-order valence-corrected chi connectivity index (χ4v) is 3.58. The van der Waals surface area contributed by atoms with E-state index in [1.54, 1.807) is 0 Å². The molecule has 0 aromatic heterocycles. The Labute approximate surface area is 130 Å². The van der Waals surface area contributed by atoms with E-state index in [1.165, 1.54) is 16.3 Å². The number of likely N-dealkylation sites (N-methyl/N-ethyl adjacent to an activating group) is 1. The minimum atomic E-state index is -0.951. The summed E-state index contributed by atoms with van der Waals surface area (Å²) in [5, 5.41) is 13.9. The van der Waals surface area contributed by atoms with Gasteiger partial charge in [0.1, 0.15) is 5.60 Å². The fraction of sp³-hybridized carbons (Fsp3) is 0.200. The smallest absolute Gasteiger partial charge is 0.128 e. The van der Waals surface area contributed by atoms with Crippen LogP contribution in [-0.2, 0) is 12.1 Å². The van der Waals surface area contributed by atoms with Gasteiger partial charge in [0, 0.05) is 13.1 Å². The molecule has 1 N–H and O–H groups in total. The van der Waals surface area contributed by atoms with Gasteiger partial charge in [0.2, 0.25) is 0 Å². The lowest BCUT2D eigenvalue weighted by Gasteiger charge is -2.39. The molecule has 0 fully saturated rings. The Morgan fingerprint density at radius 3 is 2.50 bits per heavy atom. The SMILES string of the molecule is CN1Cc2ccccc2C(O)(c2ccc3ccccc3c2)C1. The summed E-state index contributed by atoms with van der Waals surface area (Å²) in [5.74, 6) is 0. The summed E-state index contributed by atoms with van der Waals surface area (Å²) in [6.45, 7) is 1.49. The lowest BCUT2D eigenvalue weighted by atomic mass is 9.80. The van der Waals surface area contributed by atoms with Crippen LogP contribution in [0.3, 0.4) is 0 Å². The van der Waals surface area contributed by atoms with E-state index in [9.17, 15) is 5.11 Å². The first-order chi connectivity index (χ1) is 10.7. The quantitative estimate of drug-likeness (QED) is 0.741. The molecule has 4 rings (SSSR count). The Morgan fingerprint density at radius 2 is 1.64 bits per heavy atom. The normalized spacial score (nSPS) is 21.7. The molecule has 22 heavy (non-hydrogen) atoms. The zero-order valence-electron chi connectivity index (χ0n) is 12.7. The van der Waals surface area contributed by atoms with Crippen LogP contribution in [-0.4, -0.2) is 23.6 Å². The lowest BCUT2D eigenvalue weighted by Crippen LogP contribution is -2.44. The molecule has 3 aromatic rings. The Bertz CT molecular complexity index is 842. The van der Waals surface area contributed by atoms with E-state index in [0.29, 0.717) is 6.54 Å². The van der Waals surface area contributed by atoms with Crippen LogP contribution in [0.15, 0.2) is 66.7 Å². The number of hydrogen-bond acceptors (Lipinski definition) is 2. The zero-order chi connectivity index (χ0) is 15.2. The molecule has 0 amide bonds. The van der Waals surface area contributed by atoms with Crippen LogP contribution in [0.4, 0.5) is 0 Å². The lowest BCUT2D eigenvalue weighted by molar-refractivity contribution is 0.0284. The number of hydrogen-bond donors (Lipinski definition) is 1. The Kier molecular flexibility index (Phi) is 3.03. The third kappa shape index (κ3) is 2.04. The van der Waals surface area contributed by atoms with Crippen molar-refractivity contribution in [2.24, 2.45) is 0 Å². The van der Waals surface area contributed by atoms with Crippen LogP contribution in [0.5, 0.6) is 0 Å². The van der Waals surface area contributed by atoms with E-state index in [2.05, 4.69) is 54.4 Å². The van der Waals surface area contributed by atoms with Gasteiger partial charge in [-0.05, 0) is 40.6 Å². The molecule has 0 radical (unpaired) electrons. The van der Waals surface area contributed by atoms with Crippen molar-refractivity contribution in [1.82, 2.24) is 4.90 Å². The molecule has 1 heterocycles. The molecule has 3 aromatic carbocycles. The zero-order valence-corrected chi connectivity index (χ0v) is 12.7. The summed E-state index contributed by atoms with van der Waals surface area (Å²) >= 11 is 0. The number of benzene rings is 3. The van der Waals surface area contributed by atoms with Crippen molar-refractivity contribution in [2.75, 3.05) is 13.6 Å². The van der Waals surface area contributed by atoms with Gasteiger partial charge in [-0.1, -0.05) is 60.7 Å². The van der Waals surface area contributed by atoms with Crippen LogP contribution < -0.4 is 0 Å². The van der Waals surface area contributed by atoms with E-state index in [4.69, 9.17) is 0 Å². The highest BCUT2D eigenvalue weighted by Gasteiger charge is 2.38. The summed E-state index contributed by atoms with van der Waals surface area (Å²) in [4.78, 5) is 2.18. The highest BCUT2D eigenvalue weighted by atomic mass is 16.3. The Hall–Kier alpha value is -2.16. The van der Waals surface area contributed by atoms with Crippen LogP contribution in [0, 0.1) is 0 Å². The molecule has 0 saturated carbocycles. The molecule has 1 unspecified atom stereocenters. The van der Waals surface area contributed by atoms with Crippen molar-refractivity contribution >= 4 is 10.8 Å². The molecule has 1 aliphatic rings. The van der Waals surface area contributed by atoms with Gasteiger partial charge in [-0.2, -0.15) is 0 Å². The molecule has 0 aliphatic carbocycles. The highest BCUT2D eigenvalue weighted by molar-refractivity contribution is 5.83. The highest BCUT2D eigenvalue weighted by Crippen LogP contribution is 2.37. The number of rotatable bonds is 1. The molecule has 0 spiro atoms. The predicted octanol–water partition coefficient (Wildman–Crippen LogP) is 3.52. The maximum Gasteiger partial charge on any atom is 0.128 e. The molecule has 2 nitrogen and oxygen atoms in total. The maximum absolute atomic E-state index is 11.5. The first-order valence-electron chi connectivity index (χ1n) is 7.65. The molecule has 1 aliphatic heterocycles. The molecule has 0 bridgehead atoms. The molecule has 1 atom stereocenters. The van der Waals surface area contributed by atoms with Gasteiger partial charge < -0.3 is 5.11 Å². The summed E-state index contributed by atoms with van der Waals surface area (Å²) in [6, 6.07) is 22.8. The van der Waals surface area contributed by atoms with Crippen LogP contribution in [0.25, 0.3) is 10.8 Å². The van der Waals surface area contributed by atoms with Crippen molar-refractivity contribution in [1.29, 1.82) is 0 Å². The number of fused-ring (bicyclic) bond motifs is 2. The largest absolute Gasteiger partial charge is 0.379 e. The minimum absolute atomic E-state index is 0.613. The molecule has 110 valence electrons. The average molecular weight is 289 g/mol. The van der Waals surface area contributed by atoms with Crippen LogP contribution in [0.2, 0.25) is 0 Å². The average Bonchev–Trinajstić information content (AvgIpc) is 2.54. The third-order valence-corrected chi connectivity index (χ3v) is 4.63. The Morgan fingerprint density at radius 1 is 0.909 bits per heavy atom. The standard InChI is InChI=1S/C20H19NO/c1-21-13-17-8-4-5-9-19(17)20(22,14-21)18-11-10-15-6-2-3-7-16(15)12-18/h2-12,22H,13-14H2,1H3. The van der Waals surface area contributed by atoms with Gasteiger partial charge >= 0.3 is 0 Å². The van der Waals surface area contributed by atoms with Crippen molar-refractivity contribution in [3.05, 3.63) is 83.4 Å². The first kappa shape index (κ1) is 13.5. The van der Waals surface area contributed by atoms with E-state index in [-0.39, 0.29) is 0 Å².